The molecule has 1 saturated carbocycles. The topological polar surface area (TPSA) is 64.6 Å². The van der Waals surface area contributed by atoms with Crippen molar-refractivity contribution in [3.63, 3.8) is 0 Å². The lowest BCUT2D eigenvalue weighted by Gasteiger charge is -2.28. The Labute approximate surface area is 169 Å². The Balaban J connectivity index is 1.56. The van der Waals surface area contributed by atoms with Crippen LogP contribution in [-0.4, -0.2) is 30.4 Å². The summed E-state index contributed by atoms with van der Waals surface area (Å²) in [5, 5.41) is 4.78. The van der Waals surface area contributed by atoms with E-state index in [2.05, 4.69) is 10.1 Å². The van der Waals surface area contributed by atoms with E-state index in [-0.39, 0.29) is 29.8 Å². The number of carbonyl (C=O) groups excluding carboxylic acids is 2. The number of alkyl halides is 3. The number of halogens is 3. The number of nitrogens with one attached hydrogen (secondary N) is 1. The number of carbonyl (C=O) groups is 2. The number of esters is 1. The van der Waals surface area contributed by atoms with Crippen LogP contribution in [0.5, 0.6) is 5.75 Å². The highest BCUT2D eigenvalue weighted by molar-refractivity contribution is 7.12. The van der Waals surface area contributed by atoms with E-state index in [9.17, 15) is 22.8 Å². The van der Waals surface area contributed by atoms with E-state index >= 15 is 0 Å². The van der Waals surface area contributed by atoms with Gasteiger partial charge in [-0.1, -0.05) is 12.1 Å². The molecule has 2 aromatic rings. The van der Waals surface area contributed by atoms with Crippen LogP contribution in [0.4, 0.5) is 13.2 Å². The van der Waals surface area contributed by atoms with Gasteiger partial charge in [0.1, 0.15) is 11.9 Å². The summed E-state index contributed by atoms with van der Waals surface area (Å²) in [6.45, 7) is 1.39. The molecule has 1 aromatic carbocycles. The highest BCUT2D eigenvalue weighted by Gasteiger charge is 2.31. The largest absolute Gasteiger partial charge is 0.573 e. The number of ether oxygens (including phenoxy) is 2. The maximum Gasteiger partial charge on any atom is 0.573 e. The zero-order valence-corrected chi connectivity index (χ0v) is 16.4. The zero-order chi connectivity index (χ0) is 21.0. The minimum atomic E-state index is -4.73. The molecule has 1 heterocycles. The molecule has 1 aliphatic rings. The Kier molecular flexibility index (Phi) is 6.46. The first-order valence-corrected chi connectivity index (χ1v) is 10.0. The van der Waals surface area contributed by atoms with E-state index in [4.69, 9.17) is 4.74 Å². The third kappa shape index (κ3) is 6.22. The molecule has 29 heavy (non-hydrogen) atoms. The lowest BCUT2D eigenvalue weighted by Crippen LogP contribution is -2.39. The van der Waals surface area contributed by atoms with Gasteiger partial charge in [-0.25, -0.2) is 0 Å². The SMILES string of the molecule is CC(=O)OC1CCC(NC(=O)c2cc(-c3ccc(OC(F)(F)F)cc3)cs2)CC1. The summed E-state index contributed by atoms with van der Waals surface area (Å²) in [7, 11) is 0. The van der Waals surface area contributed by atoms with Crippen LogP contribution in [0.3, 0.4) is 0 Å². The van der Waals surface area contributed by atoms with Gasteiger partial charge in [0.05, 0.1) is 4.88 Å². The molecule has 1 N–H and O–H groups in total. The molecule has 0 bridgehead atoms. The van der Waals surface area contributed by atoms with Gasteiger partial charge in [-0.2, -0.15) is 0 Å². The zero-order valence-electron chi connectivity index (χ0n) is 15.6. The van der Waals surface area contributed by atoms with E-state index in [1.165, 1.54) is 42.5 Å². The van der Waals surface area contributed by atoms with Crippen LogP contribution < -0.4 is 10.1 Å². The maximum atomic E-state index is 12.5. The summed E-state index contributed by atoms with van der Waals surface area (Å²) in [5.41, 5.74) is 1.44. The number of amides is 1. The second kappa shape index (κ2) is 8.86. The Hall–Kier alpha value is -2.55. The molecule has 0 unspecified atom stereocenters. The highest BCUT2D eigenvalue weighted by atomic mass is 32.1. The number of hydrogen-bond acceptors (Lipinski definition) is 5. The van der Waals surface area contributed by atoms with Crippen LogP contribution in [0.15, 0.2) is 35.7 Å². The Morgan fingerprint density at radius 2 is 1.72 bits per heavy atom. The van der Waals surface area contributed by atoms with Crippen molar-refractivity contribution >= 4 is 23.2 Å². The molecule has 1 aromatic heterocycles. The smallest absolute Gasteiger partial charge is 0.463 e. The number of rotatable bonds is 5. The number of thiophene rings is 1. The predicted molar refractivity (Wildman–Crippen MR) is 102 cm³/mol. The Morgan fingerprint density at radius 3 is 2.31 bits per heavy atom. The van der Waals surface area contributed by atoms with Crippen LogP contribution in [-0.2, 0) is 9.53 Å². The third-order valence-corrected chi connectivity index (χ3v) is 5.52. The molecule has 1 fully saturated rings. The predicted octanol–water partition coefficient (Wildman–Crippen LogP) is 4.92. The van der Waals surface area contributed by atoms with Crippen molar-refractivity contribution in [1.29, 1.82) is 0 Å². The fourth-order valence-electron chi connectivity index (χ4n) is 3.27. The summed E-state index contributed by atoms with van der Waals surface area (Å²) in [4.78, 5) is 24.0. The van der Waals surface area contributed by atoms with Crippen LogP contribution in [0, 0.1) is 0 Å². The van der Waals surface area contributed by atoms with E-state index in [0.717, 1.165) is 18.4 Å². The minimum Gasteiger partial charge on any atom is -0.463 e. The van der Waals surface area contributed by atoms with Gasteiger partial charge in [0.2, 0.25) is 0 Å². The van der Waals surface area contributed by atoms with Crippen LogP contribution in [0.1, 0.15) is 42.3 Å². The van der Waals surface area contributed by atoms with Gasteiger partial charge in [-0.15, -0.1) is 24.5 Å². The van der Waals surface area contributed by atoms with Crippen molar-refractivity contribution in [1.82, 2.24) is 5.32 Å². The van der Waals surface area contributed by atoms with E-state index in [1.54, 1.807) is 11.4 Å². The van der Waals surface area contributed by atoms with Gasteiger partial charge in [0, 0.05) is 13.0 Å². The quantitative estimate of drug-likeness (QED) is 0.688. The fourth-order valence-corrected chi connectivity index (χ4v) is 4.09. The van der Waals surface area contributed by atoms with Gasteiger partial charge in [-0.05, 0) is 60.4 Å². The average Bonchev–Trinajstić information content (AvgIpc) is 3.12. The van der Waals surface area contributed by atoms with E-state index < -0.39 is 6.36 Å². The molecular formula is C20H20F3NO4S. The Bertz CT molecular complexity index is 855. The lowest BCUT2D eigenvalue weighted by atomic mass is 9.93. The molecule has 3 rings (SSSR count). The first kappa shape index (κ1) is 21.2. The first-order valence-electron chi connectivity index (χ1n) is 9.12. The van der Waals surface area contributed by atoms with Gasteiger partial charge in [0.25, 0.3) is 5.91 Å². The molecule has 0 spiro atoms. The van der Waals surface area contributed by atoms with Gasteiger partial charge < -0.3 is 14.8 Å². The van der Waals surface area contributed by atoms with Crippen LogP contribution in [0.2, 0.25) is 0 Å². The highest BCUT2D eigenvalue weighted by Crippen LogP contribution is 2.30. The molecular weight excluding hydrogens is 407 g/mol. The average molecular weight is 427 g/mol. The lowest BCUT2D eigenvalue weighted by molar-refractivity contribution is -0.274. The summed E-state index contributed by atoms with van der Waals surface area (Å²) in [5.74, 6) is -0.769. The molecule has 1 aliphatic carbocycles. The van der Waals surface area contributed by atoms with Crippen molar-refractivity contribution in [2.24, 2.45) is 0 Å². The van der Waals surface area contributed by atoms with Gasteiger partial charge in [0.15, 0.2) is 0 Å². The standard InChI is InChI=1S/C20H20F3NO4S/c1-12(25)27-16-8-4-15(5-9-16)24-19(26)18-10-14(11-29-18)13-2-6-17(7-3-13)28-20(21,22)23/h2-3,6-7,10-11,15-16H,4-5,8-9H2,1H3,(H,24,26). The molecule has 0 aliphatic heterocycles. The molecule has 5 nitrogen and oxygen atoms in total. The number of hydrogen-bond donors (Lipinski definition) is 1. The van der Waals surface area contributed by atoms with Crippen molar-refractivity contribution in [2.75, 3.05) is 0 Å². The van der Waals surface area contributed by atoms with Crippen molar-refractivity contribution in [2.45, 2.75) is 51.1 Å². The molecule has 0 atom stereocenters. The molecule has 1 amide bonds. The fraction of sp³-hybridized carbons (Fsp3) is 0.400. The molecule has 0 radical (unpaired) electrons. The van der Waals surface area contributed by atoms with E-state index in [1.807, 2.05) is 0 Å². The third-order valence-electron chi connectivity index (χ3n) is 4.59. The summed E-state index contributed by atoms with van der Waals surface area (Å²) >= 11 is 1.27. The first-order chi connectivity index (χ1) is 13.7. The van der Waals surface area contributed by atoms with Crippen molar-refractivity contribution in [3.8, 4) is 16.9 Å². The molecule has 9 heteroatoms. The second-order valence-electron chi connectivity index (χ2n) is 6.83. The summed E-state index contributed by atoms with van der Waals surface area (Å²) < 4.78 is 45.8. The van der Waals surface area contributed by atoms with Crippen molar-refractivity contribution in [3.05, 3.63) is 40.6 Å². The van der Waals surface area contributed by atoms with Crippen LogP contribution >= 0.6 is 11.3 Å². The second-order valence-corrected chi connectivity index (χ2v) is 7.74. The summed E-state index contributed by atoms with van der Waals surface area (Å²) in [6, 6.07) is 7.24. The van der Waals surface area contributed by atoms with Gasteiger partial charge in [-0.3, -0.25) is 9.59 Å². The van der Waals surface area contributed by atoms with Gasteiger partial charge >= 0.3 is 12.3 Å². The monoisotopic (exact) mass is 427 g/mol. The Morgan fingerprint density at radius 1 is 1.07 bits per heavy atom. The molecule has 0 saturated heterocycles. The minimum absolute atomic E-state index is 0.0265. The van der Waals surface area contributed by atoms with Crippen molar-refractivity contribution < 1.29 is 32.2 Å². The maximum absolute atomic E-state index is 12.5. The normalized spacial score (nSPS) is 19.4. The summed E-state index contributed by atoms with van der Waals surface area (Å²) in [6.07, 6.45) is -1.91. The molecule has 156 valence electrons. The number of benzene rings is 1. The van der Waals surface area contributed by atoms with Crippen LogP contribution in [0.25, 0.3) is 11.1 Å². The van der Waals surface area contributed by atoms with E-state index in [0.29, 0.717) is 23.3 Å².